The van der Waals surface area contributed by atoms with E-state index in [-0.39, 0.29) is 87.0 Å². The number of carbonyl (C=O) groups is 1. The molecule has 0 saturated carbocycles. The SMILES string of the molecule is CC(CC1(C)CCN1)C(F)F.CCCc1nc(-c2cc(N)c(F)c(C)c2C(F)(F)F)c(F)c(NCc2ccc(C(=O)O)nc2)c1[N-]O.[K+]. The summed E-state index contributed by atoms with van der Waals surface area (Å²) in [4.78, 5) is 18.7. The van der Waals surface area contributed by atoms with Gasteiger partial charge in [-0.25, -0.2) is 27.3 Å². The molecule has 258 valence electrons. The average Bonchev–Trinajstić information content (AvgIpc) is 2.98. The van der Waals surface area contributed by atoms with Crippen molar-refractivity contribution in [2.75, 3.05) is 17.6 Å². The largest absolute Gasteiger partial charge is 1.00 e. The fourth-order valence-electron chi connectivity index (χ4n) is 5.21. The van der Waals surface area contributed by atoms with Gasteiger partial charge in [0.1, 0.15) is 17.2 Å². The van der Waals surface area contributed by atoms with Crippen molar-refractivity contribution in [1.29, 1.82) is 0 Å². The Labute approximate surface area is 315 Å². The standard InChI is InChI=1S/C23H21F5N5O3.C8H15F2N.K/c1-3-4-14-20(33-36)21(31-9-11-5-6-15(22(34)35)30-8-11)18(25)19(32-14)12-7-13(29)17(24)10(2)16(12)23(26,27)28;1-6(7(9)10)5-8(2)3-4-11-8;/h5-8,36H,3-4,9,29H2,1-2H3,(H,31,32)(H,34,35);6-7,11H,3-5H2,1-2H3;/q-1;;+1. The van der Waals surface area contributed by atoms with Crippen molar-refractivity contribution in [3.63, 3.8) is 0 Å². The summed E-state index contributed by atoms with van der Waals surface area (Å²) >= 11 is 0. The molecule has 1 fully saturated rings. The molecule has 2 unspecified atom stereocenters. The zero-order valence-electron chi connectivity index (χ0n) is 27.1. The smallest absolute Gasteiger partial charge is 0.562 e. The average molecular weight is 713 g/mol. The summed E-state index contributed by atoms with van der Waals surface area (Å²) in [6.45, 7) is 7.05. The molecule has 17 heteroatoms. The van der Waals surface area contributed by atoms with Crippen LogP contribution in [-0.4, -0.2) is 44.8 Å². The van der Waals surface area contributed by atoms with Gasteiger partial charge in [0.25, 0.3) is 0 Å². The van der Waals surface area contributed by atoms with E-state index in [1.807, 2.05) is 6.92 Å². The van der Waals surface area contributed by atoms with Gasteiger partial charge in [0, 0.05) is 35.5 Å². The Bertz CT molecular complexity index is 1570. The molecule has 0 amide bonds. The Morgan fingerprint density at radius 2 is 1.88 bits per heavy atom. The van der Waals surface area contributed by atoms with Gasteiger partial charge in [-0.05, 0) is 62.9 Å². The van der Waals surface area contributed by atoms with E-state index in [0.29, 0.717) is 24.5 Å². The number of halogens is 7. The van der Waals surface area contributed by atoms with Crippen LogP contribution in [0.4, 0.5) is 47.8 Å². The van der Waals surface area contributed by atoms with Crippen LogP contribution < -0.4 is 67.8 Å². The summed E-state index contributed by atoms with van der Waals surface area (Å²) in [6.07, 6.45) is -3.85. The van der Waals surface area contributed by atoms with Crippen molar-refractivity contribution in [3.8, 4) is 11.3 Å². The summed E-state index contributed by atoms with van der Waals surface area (Å²) in [6, 6.07) is 3.28. The molecule has 3 aromatic rings. The maximum atomic E-state index is 15.7. The summed E-state index contributed by atoms with van der Waals surface area (Å²) in [5.41, 5.74) is 3.64. The normalized spacial score (nSPS) is 16.3. The van der Waals surface area contributed by atoms with Crippen LogP contribution in [0.25, 0.3) is 16.7 Å². The van der Waals surface area contributed by atoms with Gasteiger partial charge >= 0.3 is 63.5 Å². The first-order valence-electron chi connectivity index (χ1n) is 14.6. The number of hydrogen-bond acceptors (Lipinski definition) is 7. The van der Waals surface area contributed by atoms with Gasteiger partial charge in [0.05, 0.1) is 16.9 Å². The molecule has 1 aliphatic heterocycles. The van der Waals surface area contributed by atoms with Gasteiger partial charge in [-0.1, -0.05) is 32.0 Å². The summed E-state index contributed by atoms with van der Waals surface area (Å²) < 4.78 is 95.9. The number of aromatic carboxylic acids is 1. The molecule has 2 atom stereocenters. The number of nitrogens with two attached hydrogens (primary N) is 1. The molecule has 1 aliphatic rings. The number of carboxylic acids is 1. The quantitative estimate of drug-likeness (QED) is 0.0807. The number of aryl methyl sites for hydroxylation is 1. The van der Waals surface area contributed by atoms with Crippen LogP contribution in [0.1, 0.15) is 72.9 Å². The maximum Gasteiger partial charge on any atom is 1.00 e. The number of carboxylic acid groups (broad SMARTS) is 1. The van der Waals surface area contributed by atoms with E-state index >= 15 is 4.39 Å². The number of pyridine rings is 2. The third-order valence-corrected chi connectivity index (χ3v) is 7.78. The molecule has 0 aliphatic carbocycles. The van der Waals surface area contributed by atoms with E-state index in [1.54, 1.807) is 13.8 Å². The molecule has 1 saturated heterocycles. The van der Waals surface area contributed by atoms with E-state index in [1.165, 1.54) is 18.3 Å². The van der Waals surface area contributed by atoms with Crippen LogP contribution in [0.3, 0.4) is 0 Å². The fourth-order valence-corrected chi connectivity index (χ4v) is 5.21. The second-order valence-electron chi connectivity index (χ2n) is 11.6. The number of rotatable bonds is 11. The minimum atomic E-state index is -5.06. The minimum Gasteiger partial charge on any atom is -0.562 e. The number of hydrogen-bond donors (Lipinski definition) is 5. The minimum absolute atomic E-state index is 0. The van der Waals surface area contributed by atoms with Crippen molar-refractivity contribution >= 4 is 23.0 Å². The van der Waals surface area contributed by atoms with Crippen molar-refractivity contribution in [3.05, 3.63) is 69.6 Å². The molecular weight excluding hydrogens is 676 g/mol. The first-order valence-corrected chi connectivity index (χ1v) is 14.6. The molecule has 0 spiro atoms. The van der Waals surface area contributed by atoms with E-state index < -0.39 is 69.9 Å². The van der Waals surface area contributed by atoms with Gasteiger partial charge in [0.2, 0.25) is 6.43 Å². The Morgan fingerprint density at radius 1 is 1.23 bits per heavy atom. The molecule has 4 rings (SSSR count). The molecule has 2 aromatic heterocycles. The molecule has 0 bridgehead atoms. The number of aromatic nitrogens is 2. The topological polar surface area (TPSA) is 147 Å². The number of nitrogen functional groups attached to an aromatic ring is 1. The van der Waals surface area contributed by atoms with Crippen molar-refractivity contribution in [2.45, 2.75) is 78.1 Å². The van der Waals surface area contributed by atoms with E-state index in [0.717, 1.165) is 19.9 Å². The monoisotopic (exact) mass is 712 g/mol. The predicted octanol–water partition coefficient (Wildman–Crippen LogP) is 5.02. The maximum absolute atomic E-state index is 15.7. The van der Waals surface area contributed by atoms with Gasteiger partial charge in [0.15, 0.2) is 5.82 Å². The second kappa shape index (κ2) is 17.4. The molecular formula is C31H36F7KN6O3. The molecule has 3 heterocycles. The first-order chi connectivity index (χ1) is 21.9. The molecule has 6 N–H and O–H groups in total. The zero-order chi connectivity index (χ0) is 35.3. The fraction of sp³-hybridized carbons (Fsp3) is 0.452. The van der Waals surface area contributed by atoms with Crippen LogP contribution in [0.5, 0.6) is 0 Å². The third kappa shape index (κ3) is 10.0. The number of nitrogens with one attached hydrogen (secondary N) is 2. The second-order valence-corrected chi connectivity index (χ2v) is 11.6. The van der Waals surface area contributed by atoms with Crippen LogP contribution in [-0.2, 0) is 19.1 Å². The van der Waals surface area contributed by atoms with Gasteiger partial charge in [-0.2, -0.15) is 13.2 Å². The van der Waals surface area contributed by atoms with Gasteiger partial charge < -0.3 is 32.2 Å². The summed E-state index contributed by atoms with van der Waals surface area (Å²) in [5, 5.41) is 24.4. The number of anilines is 2. The van der Waals surface area contributed by atoms with Crippen LogP contribution in [0.2, 0.25) is 0 Å². The molecule has 1 aromatic carbocycles. The molecule has 9 nitrogen and oxygen atoms in total. The summed E-state index contributed by atoms with van der Waals surface area (Å²) in [5.74, 6) is -4.29. The zero-order valence-corrected chi connectivity index (χ0v) is 30.2. The van der Waals surface area contributed by atoms with Crippen molar-refractivity contribution in [2.24, 2.45) is 5.92 Å². The number of benzene rings is 1. The Balaban J connectivity index is 0.000000566. The Kier molecular flexibility index (Phi) is 15.1. The van der Waals surface area contributed by atoms with Crippen molar-refractivity contribution < 1.29 is 97.2 Å². The van der Waals surface area contributed by atoms with E-state index in [2.05, 4.69) is 26.1 Å². The Morgan fingerprint density at radius 3 is 2.33 bits per heavy atom. The van der Waals surface area contributed by atoms with Crippen LogP contribution >= 0.6 is 0 Å². The van der Waals surface area contributed by atoms with Crippen molar-refractivity contribution in [1.82, 2.24) is 15.3 Å². The first kappa shape index (κ1) is 41.6. The molecule has 48 heavy (non-hydrogen) atoms. The van der Waals surface area contributed by atoms with Gasteiger partial charge in [-0.15, -0.1) is 0 Å². The van der Waals surface area contributed by atoms with Gasteiger partial charge in [-0.3, -0.25) is 4.98 Å². The van der Waals surface area contributed by atoms with Crippen LogP contribution in [0.15, 0.2) is 24.4 Å². The number of alkyl halides is 5. The predicted molar refractivity (Wildman–Crippen MR) is 162 cm³/mol. The summed E-state index contributed by atoms with van der Waals surface area (Å²) in [7, 11) is 0. The third-order valence-electron chi connectivity index (χ3n) is 7.78. The van der Waals surface area contributed by atoms with E-state index in [9.17, 15) is 36.3 Å². The van der Waals surface area contributed by atoms with E-state index in [4.69, 9.17) is 10.8 Å². The number of nitrogens with zero attached hydrogens (tertiary/aromatic N) is 3. The Hall–Kier alpha value is -2.54. The molecule has 0 radical (unpaired) electrons. The van der Waals surface area contributed by atoms with Crippen LogP contribution in [0, 0.1) is 24.5 Å².